The zero-order chi connectivity index (χ0) is 10.8. The summed E-state index contributed by atoms with van der Waals surface area (Å²) in [6.45, 7) is 3.35. The van der Waals surface area contributed by atoms with Crippen molar-refractivity contribution in [3.63, 3.8) is 0 Å². The zero-order valence-electron chi connectivity index (χ0n) is 8.27. The highest BCUT2D eigenvalue weighted by Crippen LogP contribution is 2.07. The second kappa shape index (κ2) is 4.25. The number of nitrogens with two attached hydrogens (primary N) is 2. The Labute approximate surface area is 85.4 Å². The van der Waals surface area contributed by atoms with E-state index in [0.717, 1.165) is 0 Å². The van der Waals surface area contributed by atoms with Crippen LogP contribution in [0.25, 0.3) is 0 Å². The van der Waals surface area contributed by atoms with Gasteiger partial charge < -0.3 is 15.5 Å². The molecule has 14 heavy (non-hydrogen) atoms. The minimum Gasteiger partial charge on any atom is -0.379 e. The average molecular weight is 239 g/mol. The summed E-state index contributed by atoms with van der Waals surface area (Å²) in [4.78, 5) is 0. The Kier molecular flexibility index (Phi) is 3.67. The minimum absolute atomic E-state index is 0.0972. The first-order valence-corrected chi connectivity index (χ1v) is 8.92. The predicted molar refractivity (Wildman–Crippen MR) is 56.2 cm³/mol. The lowest BCUT2D eigenvalue weighted by Crippen LogP contribution is -2.60. The van der Waals surface area contributed by atoms with Crippen molar-refractivity contribution in [2.45, 2.75) is 6.55 Å². The summed E-state index contributed by atoms with van der Waals surface area (Å²) in [7, 11) is -5.82. The number of morpholine rings is 1. The fourth-order valence-corrected chi connectivity index (χ4v) is 5.89. The normalized spacial score (nSPS) is 21.1. The van der Waals surface area contributed by atoms with Gasteiger partial charge in [0.05, 0.1) is 18.6 Å². The number of nitrogens with zero attached hydrogens (tertiary/aromatic N) is 1. The van der Waals surface area contributed by atoms with Crippen molar-refractivity contribution in [1.29, 1.82) is 0 Å². The topological polar surface area (TPSA) is 98.7 Å². The molecule has 0 saturated carbocycles. The summed E-state index contributed by atoms with van der Waals surface area (Å²) >= 11 is 0. The van der Waals surface area contributed by atoms with Crippen LogP contribution in [0.4, 0.5) is 0 Å². The molecule has 0 aromatic heterocycles. The second-order valence-electron chi connectivity index (χ2n) is 3.77. The largest absolute Gasteiger partial charge is 0.379 e. The van der Waals surface area contributed by atoms with Crippen LogP contribution in [0.2, 0.25) is 6.55 Å². The van der Waals surface area contributed by atoms with Crippen LogP contribution in [0.5, 0.6) is 0 Å². The molecule has 6 nitrogen and oxygen atoms in total. The van der Waals surface area contributed by atoms with Crippen LogP contribution in [0.1, 0.15) is 0 Å². The van der Waals surface area contributed by atoms with E-state index in [1.165, 1.54) is 4.31 Å². The van der Waals surface area contributed by atoms with Gasteiger partial charge in [-0.3, -0.25) is 0 Å². The predicted octanol–water partition coefficient (Wildman–Crippen LogP) is -1.82. The molecule has 0 unspecified atom stereocenters. The maximum Gasteiger partial charge on any atom is 0.214 e. The monoisotopic (exact) mass is 239 g/mol. The van der Waals surface area contributed by atoms with Gasteiger partial charge >= 0.3 is 0 Å². The van der Waals surface area contributed by atoms with Gasteiger partial charge in [0.1, 0.15) is 0 Å². The average Bonchev–Trinajstić information content (AvgIpc) is 2.01. The molecule has 0 amide bonds. The van der Waals surface area contributed by atoms with E-state index in [4.69, 9.17) is 15.5 Å². The van der Waals surface area contributed by atoms with E-state index < -0.39 is 18.4 Å². The molecule has 8 heteroatoms. The molecule has 0 atom stereocenters. The van der Waals surface area contributed by atoms with Crippen molar-refractivity contribution < 1.29 is 13.2 Å². The molecule has 1 aliphatic rings. The van der Waals surface area contributed by atoms with Crippen molar-refractivity contribution in [3.05, 3.63) is 0 Å². The first-order chi connectivity index (χ1) is 6.31. The molecule has 0 spiro atoms. The molecule has 0 aromatic rings. The lowest BCUT2D eigenvalue weighted by Gasteiger charge is -2.28. The molecule has 1 rings (SSSR count). The minimum atomic E-state index is -3.28. The summed E-state index contributed by atoms with van der Waals surface area (Å²) in [5.41, 5.74) is 0. The third-order valence-electron chi connectivity index (χ3n) is 1.86. The molecule has 1 aliphatic heterocycles. The summed E-state index contributed by atoms with van der Waals surface area (Å²) in [6, 6.07) is 0. The fraction of sp³-hybridized carbons (Fsp3) is 1.00. The van der Waals surface area contributed by atoms with E-state index in [-0.39, 0.29) is 5.38 Å². The SMILES string of the molecule is C[Si](N)(N)CS(=O)(=O)N1CCOCC1. The van der Waals surface area contributed by atoms with Crippen LogP contribution in [-0.2, 0) is 14.8 Å². The first kappa shape index (κ1) is 12.1. The molecular formula is C6H17N3O3SSi. The number of hydrogen-bond donors (Lipinski definition) is 2. The van der Waals surface area contributed by atoms with Crippen molar-refractivity contribution in [3.8, 4) is 0 Å². The zero-order valence-corrected chi connectivity index (χ0v) is 10.1. The van der Waals surface area contributed by atoms with Crippen molar-refractivity contribution in [1.82, 2.24) is 4.31 Å². The van der Waals surface area contributed by atoms with Crippen LogP contribution in [0.3, 0.4) is 0 Å². The van der Waals surface area contributed by atoms with Gasteiger partial charge in [-0.1, -0.05) is 0 Å². The summed E-state index contributed by atoms with van der Waals surface area (Å²) in [6.07, 6.45) is 0. The maximum absolute atomic E-state index is 11.7. The van der Waals surface area contributed by atoms with Crippen molar-refractivity contribution >= 4 is 18.4 Å². The van der Waals surface area contributed by atoms with Gasteiger partial charge in [0.25, 0.3) is 0 Å². The highest BCUT2D eigenvalue weighted by molar-refractivity contribution is 7.90. The summed E-state index contributed by atoms with van der Waals surface area (Å²) < 4.78 is 30.0. The summed E-state index contributed by atoms with van der Waals surface area (Å²) in [5, 5.41) is 11.1. The van der Waals surface area contributed by atoms with Gasteiger partial charge in [-0.2, -0.15) is 4.31 Å². The van der Waals surface area contributed by atoms with Crippen molar-refractivity contribution in [2.75, 3.05) is 31.7 Å². The van der Waals surface area contributed by atoms with E-state index >= 15 is 0 Å². The van der Waals surface area contributed by atoms with E-state index in [9.17, 15) is 8.42 Å². The lowest BCUT2D eigenvalue weighted by atomic mass is 10.5. The van der Waals surface area contributed by atoms with Gasteiger partial charge in [-0.05, 0) is 6.55 Å². The molecule has 1 heterocycles. The third kappa shape index (κ3) is 3.63. The Morgan fingerprint density at radius 3 is 2.29 bits per heavy atom. The number of sulfonamides is 1. The Morgan fingerprint density at radius 2 is 1.86 bits per heavy atom. The van der Waals surface area contributed by atoms with E-state index in [1.54, 1.807) is 6.55 Å². The molecule has 1 fully saturated rings. The molecule has 0 bridgehead atoms. The van der Waals surface area contributed by atoms with E-state index in [2.05, 4.69) is 0 Å². The molecule has 0 aromatic carbocycles. The van der Waals surface area contributed by atoms with Crippen molar-refractivity contribution in [2.24, 2.45) is 10.8 Å². The van der Waals surface area contributed by atoms with Gasteiger partial charge in [0.2, 0.25) is 18.4 Å². The maximum atomic E-state index is 11.7. The van der Waals surface area contributed by atoms with Gasteiger partial charge in [-0.15, -0.1) is 0 Å². The number of hydrogen-bond acceptors (Lipinski definition) is 5. The standard InChI is InChI=1S/C6H17N3O3SSi/c1-14(7,8)6-13(10,11)9-2-4-12-5-3-9/h2-8H2,1H3. The van der Waals surface area contributed by atoms with Gasteiger partial charge in [-0.25, -0.2) is 8.42 Å². The Balaban J connectivity index is 2.64. The highest BCUT2D eigenvalue weighted by atomic mass is 32.2. The molecule has 0 radical (unpaired) electrons. The van der Waals surface area contributed by atoms with Crippen LogP contribution < -0.4 is 10.8 Å². The Bertz CT molecular complexity index is 281. The van der Waals surface area contributed by atoms with Gasteiger partial charge in [0.15, 0.2) is 0 Å². The van der Waals surface area contributed by atoms with Gasteiger partial charge in [0, 0.05) is 13.1 Å². The molecular weight excluding hydrogens is 222 g/mol. The molecule has 0 aliphatic carbocycles. The quantitative estimate of drug-likeness (QED) is 0.565. The highest BCUT2D eigenvalue weighted by Gasteiger charge is 2.31. The molecule has 4 N–H and O–H groups in total. The third-order valence-corrected chi connectivity index (χ3v) is 6.96. The van der Waals surface area contributed by atoms with E-state index in [1.807, 2.05) is 0 Å². The molecule has 84 valence electrons. The van der Waals surface area contributed by atoms with Crippen LogP contribution in [0, 0.1) is 0 Å². The Hall–Kier alpha value is 0.00688. The fourth-order valence-electron chi connectivity index (χ4n) is 1.31. The smallest absolute Gasteiger partial charge is 0.214 e. The molecule has 1 saturated heterocycles. The van der Waals surface area contributed by atoms with Crippen LogP contribution in [0.15, 0.2) is 0 Å². The lowest BCUT2D eigenvalue weighted by molar-refractivity contribution is 0.0732. The first-order valence-electron chi connectivity index (χ1n) is 4.45. The van der Waals surface area contributed by atoms with Crippen LogP contribution in [-0.4, -0.2) is 52.8 Å². The number of ether oxygens (including phenoxy) is 1. The number of rotatable bonds is 3. The second-order valence-corrected chi connectivity index (χ2v) is 9.62. The summed E-state index contributed by atoms with van der Waals surface area (Å²) in [5.74, 6) is 0. The Morgan fingerprint density at radius 1 is 1.36 bits per heavy atom. The van der Waals surface area contributed by atoms with E-state index in [0.29, 0.717) is 26.3 Å². The van der Waals surface area contributed by atoms with Crippen LogP contribution >= 0.6 is 0 Å².